The summed E-state index contributed by atoms with van der Waals surface area (Å²) in [6, 6.07) is 3.22. The summed E-state index contributed by atoms with van der Waals surface area (Å²) in [5.41, 5.74) is 5.25. The molecule has 98 valence electrons. The molecule has 0 saturated heterocycles. The number of carbonyl (C=O) groups excluding carboxylic acids is 2. The van der Waals surface area contributed by atoms with Gasteiger partial charge in [0.05, 0.1) is 0 Å². The Hall–Kier alpha value is -1.95. The summed E-state index contributed by atoms with van der Waals surface area (Å²) < 4.78 is 17.7. The molecule has 0 bridgehead atoms. The van der Waals surface area contributed by atoms with Gasteiger partial charge in [0.15, 0.2) is 24.0 Å². The molecule has 0 atom stereocenters. The Morgan fingerprint density at radius 3 is 2.72 bits per heavy atom. The zero-order valence-electron chi connectivity index (χ0n) is 9.69. The molecule has 0 fully saturated rings. The summed E-state index contributed by atoms with van der Waals surface area (Å²) in [5, 5.41) is 8.96. The number of Topliss-reactive ketones (excluding diaryl/α,β-unsaturated/α-hetero) is 1. The Morgan fingerprint density at radius 2 is 2.11 bits per heavy atom. The van der Waals surface area contributed by atoms with Crippen LogP contribution < -0.4 is 5.73 Å². The second-order valence-electron chi connectivity index (χ2n) is 3.64. The highest BCUT2D eigenvalue weighted by Crippen LogP contribution is 2.16. The van der Waals surface area contributed by atoms with E-state index in [1.54, 1.807) is 0 Å². The van der Waals surface area contributed by atoms with Gasteiger partial charge in [0.2, 0.25) is 0 Å². The fraction of sp³-hybridized carbons (Fsp3) is 0.333. The number of hydrogen-bond donors (Lipinski definition) is 2. The molecular weight excluding hydrogens is 241 g/mol. The molecule has 0 unspecified atom stereocenters. The highest BCUT2D eigenvalue weighted by atomic mass is 19.1. The van der Waals surface area contributed by atoms with Gasteiger partial charge in [0.25, 0.3) is 0 Å². The van der Waals surface area contributed by atoms with Gasteiger partial charge in [-0.05, 0) is 31.2 Å². The number of benzene rings is 1. The molecular formula is C12H14FNO4. The van der Waals surface area contributed by atoms with Gasteiger partial charge in [0, 0.05) is 12.0 Å². The maximum Gasteiger partial charge on any atom is 0.306 e. The number of ether oxygens (including phenoxy) is 1. The number of aromatic hydroxyl groups is 1. The molecule has 0 radical (unpaired) electrons. The Balaban J connectivity index is 2.50. The minimum atomic E-state index is -0.893. The number of rotatable bonds is 6. The molecule has 0 amide bonds. The molecule has 3 N–H and O–H groups in total. The maximum atomic E-state index is 13.0. The van der Waals surface area contributed by atoms with Crippen molar-refractivity contribution >= 4 is 11.8 Å². The van der Waals surface area contributed by atoms with E-state index in [1.165, 1.54) is 6.07 Å². The number of nitrogens with two attached hydrogens (primary N) is 1. The second kappa shape index (κ2) is 6.70. The third kappa shape index (κ3) is 4.14. The molecule has 1 aromatic carbocycles. The third-order valence-electron chi connectivity index (χ3n) is 2.22. The van der Waals surface area contributed by atoms with Crippen molar-refractivity contribution in [2.24, 2.45) is 5.73 Å². The van der Waals surface area contributed by atoms with Gasteiger partial charge in [-0.3, -0.25) is 9.59 Å². The van der Waals surface area contributed by atoms with E-state index in [9.17, 15) is 14.0 Å². The molecule has 6 heteroatoms. The highest BCUT2D eigenvalue weighted by molar-refractivity contribution is 5.98. The van der Waals surface area contributed by atoms with E-state index in [2.05, 4.69) is 0 Å². The lowest BCUT2D eigenvalue weighted by Gasteiger charge is -2.04. The van der Waals surface area contributed by atoms with Crippen molar-refractivity contribution in [1.82, 2.24) is 0 Å². The van der Waals surface area contributed by atoms with Gasteiger partial charge < -0.3 is 15.6 Å². The van der Waals surface area contributed by atoms with Crippen LogP contribution in [0.4, 0.5) is 4.39 Å². The van der Waals surface area contributed by atoms with Crippen molar-refractivity contribution in [2.75, 3.05) is 13.2 Å². The van der Waals surface area contributed by atoms with Crippen LogP contribution in [0, 0.1) is 5.82 Å². The summed E-state index contributed by atoms with van der Waals surface area (Å²) in [5.74, 6) is -2.48. The molecule has 18 heavy (non-hydrogen) atoms. The molecule has 0 aromatic heterocycles. The quantitative estimate of drug-likeness (QED) is 0.584. The third-order valence-corrected chi connectivity index (χ3v) is 2.22. The predicted octanol–water partition coefficient (Wildman–Crippen LogP) is 0.996. The Bertz CT molecular complexity index is 448. The number of carbonyl (C=O) groups is 2. The monoisotopic (exact) mass is 255 g/mol. The van der Waals surface area contributed by atoms with Crippen molar-refractivity contribution in [3.63, 3.8) is 0 Å². The van der Waals surface area contributed by atoms with Gasteiger partial charge in [-0.1, -0.05) is 0 Å². The molecule has 0 spiro atoms. The standard InChI is InChI=1S/C12H14FNO4/c13-9-6-8(3-4-10(9)15)11(16)7-18-12(17)2-1-5-14/h3-4,6,15H,1-2,5,7,14H2. The maximum absolute atomic E-state index is 13.0. The summed E-state index contributed by atoms with van der Waals surface area (Å²) in [6.45, 7) is -0.0835. The van der Waals surface area contributed by atoms with Crippen molar-refractivity contribution in [3.8, 4) is 5.75 Å². The molecule has 5 nitrogen and oxygen atoms in total. The van der Waals surface area contributed by atoms with Gasteiger partial charge >= 0.3 is 5.97 Å². The van der Waals surface area contributed by atoms with Crippen LogP contribution in [0.5, 0.6) is 5.75 Å². The normalized spacial score (nSPS) is 10.1. The first-order valence-electron chi connectivity index (χ1n) is 5.42. The zero-order valence-corrected chi connectivity index (χ0v) is 9.69. The van der Waals surface area contributed by atoms with E-state index < -0.39 is 29.9 Å². The molecule has 1 rings (SSSR count). The van der Waals surface area contributed by atoms with E-state index in [4.69, 9.17) is 15.6 Å². The Kier molecular flexibility index (Phi) is 5.26. The van der Waals surface area contributed by atoms with Crippen LogP contribution in [0.2, 0.25) is 0 Å². The van der Waals surface area contributed by atoms with E-state index in [1.807, 2.05) is 0 Å². The van der Waals surface area contributed by atoms with Crippen LogP contribution in [0.1, 0.15) is 23.2 Å². The van der Waals surface area contributed by atoms with Gasteiger partial charge in [-0.25, -0.2) is 4.39 Å². The van der Waals surface area contributed by atoms with Crippen LogP contribution in [-0.2, 0) is 9.53 Å². The van der Waals surface area contributed by atoms with E-state index in [0.717, 1.165) is 12.1 Å². The SMILES string of the molecule is NCCCC(=O)OCC(=O)c1ccc(O)c(F)c1. The average Bonchev–Trinajstić information content (AvgIpc) is 2.36. The van der Waals surface area contributed by atoms with E-state index in [-0.39, 0.29) is 12.0 Å². The minimum Gasteiger partial charge on any atom is -0.505 e. The van der Waals surface area contributed by atoms with Crippen molar-refractivity contribution < 1.29 is 23.8 Å². The number of esters is 1. The molecule has 0 saturated carbocycles. The lowest BCUT2D eigenvalue weighted by molar-refractivity contribution is -0.142. The molecule has 0 heterocycles. The van der Waals surface area contributed by atoms with Gasteiger partial charge in [-0.15, -0.1) is 0 Å². The van der Waals surface area contributed by atoms with Crippen LogP contribution in [0.3, 0.4) is 0 Å². The number of halogens is 1. The first-order chi connectivity index (χ1) is 8.54. The fourth-order valence-corrected chi connectivity index (χ4v) is 1.23. The zero-order chi connectivity index (χ0) is 13.5. The van der Waals surface area contributed by atoms with E-state index in [0.29, 0.717) is 13.0 Å². The molecule has 1 aromatic rings. The Morgan fingerprint density at radius 1 is 1.39 bits per heavy atom. The summed E-state index contributed by atoms with van der Waals surface area (Å²) >= 11 is 0. The van der Waals surface area contributed by atoms with Gasteiger partial charge in [0.1, 0.15) is 0 Å². The van der Waals surface area contributed by atoms with Crippen LogP contribution in [0.25, 0.3) is 0 Å². The summed E-state index contributed by atoms with van der Waals surface area (Å²) in [4.78, 5) is 22.7. The number of phenolic OH excluding ortho intramolecular Hbond substituents is 1. The van der Waals surface area contributed by atoms with Crippen molar-refractivity contribution in [3.05, 3.63) is 29.6 Å². The minimum absolute atomic E-state index is 0.0388. The Labute approximate surface area is 103 Å². The smallest absolute Gasteiger partial charge is 0.306 e. The molecule has 0 aliphatic rings. The average molecular weight is 255 g/mol. The predicted molar refractivity (Wildman–Crippen MR) is 61.6 cm³/mol. The number of phenols is 1. The van der Waals surface area contributed by atoms with Crippen molar-refractivity contribution in [2.45, 2.75) is 12.8 Å². The first-order valence-corrected chi connectivity index (χ1v) is 5.42. The lowest BCUT2D eigenvalue weighted by Crippen LogP contribution is -2.15. The van der Waals surface area contributed by atoms with Crippen molar-refractivity contribution in [1.29, 1.82) is 0 Å². The second-order valence-corrected chi connectivity index (χ2v) is 3.64. The lowest BCUT2D eigenvalue weighted by atomic mass is 10.1. The fourth-order valence-electron chi connectivity index (χ4n) is 1.23. The summed E-state index contributed by atoms with van der Waals surface area (Å²) in [6.07, 6.45) is 0.634. The van der Waals surface area contributed by atoms with Gasteiger partial charge in [-0.2, -0.15) is 0 Å². The first kappa shape index (κ1) is 14.1. The van der Waals surface area contributed by atoms with Crippen LogP contribution >= 0.6 is 0 Å². The van der Waals surface area contributed by atoms with E-state index >= 15 is 0 Å². The topological polar surface area (TPSA) is 89.6 Å². The number of ketones is 1. The van der Waals surface area contributed by atoms with Crippen LogP contribution in [-0.4, -0.2) is 30.0 Å². The molecule has 0 aliphatic carbocycles. The molecule has 0 aliphatic heterocycles. The highest BCUT2D eigenvalue weighted by Gasteiger charge is 2.11. The number of hydrogen-bond acceptors (Lipinski definition) is 5. The van der Waals surface area contributed by atoms with Crippen LogP contribution in [0.15, 0.2) is 18.2 Å². The largest absolute Gasteiger partial charge is 0.505 e. The summed E-state index contributed by atoms with van der Waals surface area (Å²) in [7, 11) is 0.